The van der Waals surface area contributed by atoms with Crippen LogP contribution in [-0.2, 0) is 4.79 Å². The molecule has 0 radical (unpaired) electrons. The smallest absolute Gasteiger partial charge is 0.239 e. The van der Waals surface area contributed by atoms with Crippen molar-refractivity contribution in [1.29, 1.82) is 0 Å². The van der Waals surface area contributed by atoms with E-state index in [4.69, 9.17) is 11.5 Å². The molecule has 0 bridgehead atoms. The maximum Gasteiger partial charge on any atom is 0.239 e. The van der Waals surface area contributed by atoms with Crippen LogP contribution >= 0.6 is 0 Å². The van der Waals surface area contributed by atoms with Gasteiger partial charge in [0.1, 0.15) is 0 Å². The third kappa shape index (κ3) is 3.68. The van der Waals surface area contributed by atoms with Gasteiger partial charge in [-0.05, 0) is 32.0 Å². The highest BCUT2D eigenvalue weighted by Gasteiger charge is 2.03. The monoisotopic (exact) mass is 222 g/mol. The van der Waals surface area contributed by atoms with E-state index < -0.39 is 0 Å². The Labute approximate surface area is 95.2 Å². The second kappa shape index (κ2) is 5.25. The van der Waals surface area contributed by atoms with Crippen LogP contribution in [0.3, 0.4) is 0 Å². The predicted molar refractivity (Wildman–Crippen MR) is 67.0 cm³/mol. The maximum absolute atomic E-state index is 11.3. The number of amides is 1. The molecular formula is C11H18N4O. The van der Waals surface area contributed by atoms with Crippen molar-refractivity contribution in [2.75, 3.05) is 23.3 Å². The first-order valence-corrected chi connectivity index (χ1v) is 5.17. The van der Waals surface area contributed by atoms with E-state index >= 15 is 0 Å². The quantitative estimate of drug-likeness (QED) is 0.566. The third-order valence-corrected chi connectivity index (χ3v) is 1.99. The molecule has 0 fully saturated rings. The van der Waals surface area contributed by atoms with Crippen molar-refractivity contribution in [3.8, 4) is 0 Å². The van der Waals surface area contributed by atoms with Gasteiger partial charge in [-0.3, -0.25) is 4.79 Å². The van der Waals surface area contributed by atoms with Crippen molar-refractivity contribution in [3.63, 3.8) is 0 Å². The summed E-state index contributed by atoms with van der Waals surface area (Å²) in [5.41, 5.74) is 13.1. The summed E-state index contributed by atoms with van der Waals surface area (Å²) in [6.45, 7) is 4.06. The minimum absolute atomic E-state index is 0.0506. The second-order valence-corrected chi connectivity index (χ2v) is 3.92. The molecular weight excluding hydrogens is 204 g/mol. The molecule has 0 aliphatic rings. The standard InChI is InChI=1S/C11H18N4O/c1-7(2)15-11(16)6-14-8-3-4-9(12)10(13)5-8/h3-5,7,14H,6,12-13H2,1-2H3,(H,15,16). The summed E-state index contributed by atoms with van der Waals surface area (Å²) in [4.78, 5) is 11.3. The molecule has 1 amide bonds. The van der Waals surface area contributed by atoms with Gasteiger partial charge in [-0.15, -0.1) is 0 Å². The fourth-order valence-electron chi connectivity index (χ4n) is 1.24. The molecule has 1 aromatic carbocycles. The molecule has 0 atom stereocenters. The van der Waals surface area contributed by atoms with Crippen LogP contribution < -0.4 is 22.1 Å². The number of nitrogens with one attached hydrogen (secondary N) is 2. The van der Waals surface area contributed by atoms with Gasteiger partial charge in [0.05, 0.1) is 17.9 Å². The molecule has 1 rings (SSSR count). The normalized spacial score (nSPS) is 10.2. The largest absolute Gasteiger partial charge is 0.397 e. The van der Waals surface area contributed by atoms with E-state index in [1.54, 1.807) is 18.2 Å². The summed E-state index contributed by atoms with van der Waals surface area (Å²) in [7, 11) is 0. The minimum Gasteiger partial charge on any atom is -0.397 e. The van der Waals surface area contributed by atoms with Crippen molar-refractivity contribution < 1.29 is 4.79 Å². The van der Waals surface area contributed by atoms with E-state index in [-0.39, 0.29) is 18.5 Å². The van der Waals surface area contributed by atoms with Gasteiger partial charge in [-0.25, -0.2) is 0 Å². The van der Waals surface area contributed by atoms with E-state index in [1.807, 2.05) is 13.8 Å². The maximum atomic E-state index is 11.3. The van der Waals surface area contributed by atoms with Gasteiger partial charge >= 0.3 is 0 Å². The second-order valence-electron chi connectivity index (χ2n) is 3.92. The van der Waals surface area contributed by atoms with E-state index in [2.05, 4.69) is 10.6 Å². The molecule has 1 aromatic rings. The lowest BCUT2D eigenvalue weighted by molar-refractivity contribution is -0.119. The summed E-state index contributed by atoms with van der Waals surface area (Å²) < 4.78 is 0. The van der Waals surface area contributed by atoms with Gasteiger partial charge in [-0.2, -0.15) is 0 Å². The van der Waals surface area contributed by atoms with Crippen LogP contribution in [0.4, 0.5) is 17.1 Å². The van der Waals surface area contributed by atoms with Crippen LogP contribution in [0, 0.1) is 0 Å². The Morgan fingerprint density at radius 2 is 2.00 bits per heavy atom. The zero-order chi connectivity index (χ0) is 12.1. The van der Waals surface area contributed by atoms with Crippen LogP contribution in [0.5, 0.6) is 0 Å². The first kappa shape index (κ1) is 12.2. The van der Waals surface area contributed by atoms with Gasteiger partial charge in [0.25, 0.3) is 0 Å². The van der Waals surface area contributed by atoms with Gasteiger partial charge in [0.2, 0.25) is 5.91 Å². The Morgan fingerprint density at radius 1 is 1.31 bits per heavy atom. The van der Waals surface area contributed by atoms with Crippen LogP contribution in [0.15, 0.2) is 18.2 Å². The highest BCUT2D eigenvalue weighted by molar-refractivity contribution is 5.81. The number of hydrogen-bond acceptors (Lipinski definition) is 4. The molecule has 0 aromatic heterocycles. The summed E-state index contributed by atoms with van der Waals surface area (Å²) in [6.07, 6.45) is 0. The van der Waals surface area contributed by atoms with Crippen molar-refractivity contribution in [2.45, 2.75) is 19.9 Å². The SMILES string of the molecule is CC(C)NC(=O)CNc1ccc(N)c(N)c1. The number of rotatable bonds is 4. The molecule has 0 saturated heterocycles. The summed E-state index contributed by atoms with van der Waals surface area (Å²) >= 11 is 0. The topological polar surface area (TPSA) is 93.2 Å². The molecule has 0 spiro atoms. The highest BCUT2D eigenvalue weighted by atomic mass is 16.1. The molecule has 6 N–H and O–H groups in total. The van der Waals surface area contributed by atoms with Crippen LogP contribution in [-0.4, -0.2) is 18.5 Å². The van der Waals surface area contributed by atoms with Crippen LogP contribution in [0.1, 0.15) is 13.8 Å². The van der Waals surface area contributed by atoms with Crippen molar-refractivity contribution in [2.24, 2.45) is 0 Å². The molecule has 0 aliphatic heterocycles. The first-order chi connectivity index (χ1) is 7.49. The Hall–Kier alpha value is -1.91. The molecule has 0 heterocycles. The Bertz CT molecular complexity index is 376. The van der Waals surface area contributed by atoms with Crippen LogP contribution in [0.2, 0.25) is 0 Å². The third-order valence-electron chi connectivity index (χ3n) is 1.99. The molecule has 5 heteroatoms. The fraction of sp³-hybridized carbons (Fsp3) is 0.364. The van der Waals surface area contributed by atoms with E-state index in [0.717, 1.165) is 5.69 Å². The highest BCUT2D eigenvalue weighted by Crippen LogP contribution is 2.19. The van der Waals surface area contributed by atoms with E-state index in [9.17, 15) is 4.79 Å². The van der Waals surface area contributed by atoms with Crippen molar-refractivity contribution in [1.82, 2.24) is 5.32 Å². The Kier molecular flexibility index (Phi) is 3.99. The van der Waals surface area contributed by atoms with Crippen molar-refractivity contribution >= 4 is 23.0 Å². The number of hydrogen-bond donors (Lipinski definition) is 4. The molecule has 5 nitrogen and oxygen atoms in total. The Morgan fingerprint density at radius 3 is 2.56 bits per heavy atom. The zero-order valence-electron chi connectivity index (χ0n) is 9.58. The minimum atomic E-state index is -0.0506. The molecule has 88 valence electrons. The average molecular weight is 222 g/mol. The first-order valence-electron chi connectivity index (χ1n) is 5.17. The fourth-order valence-corrected chi connectivity index (χ4v) is 1.24. The molecule has 0 unspecified atom stereocenters. The lowest BCUT2D eigenvalue weighted by Gasteiger charge is -2.10. The predicted octanol–water partition coefficient (Wildman–Crippen LogP) is 0.787. The average Bonchev–Trinajstić information content (AvgIpc) is 2.19. The summed E-state index contributed by atoms with van der Waals surface area (Å²) in [6, 6.07) is 5.34. The van der Waals surface area contributed by atoms with Crippen LogP contribution in [0.25, 0.3) is 0 Å². The van der Waals surface area contributed by atoms with Gasteiger partial charge < -0.3 is 22.1 Å². The molecule has 0 saturated carbocycles. The lowest BCUT2D eigenvalue weighted by Crippen LogP contribution is -2.34. The van der Waals surface area contributed by atoms with Crippen molar-refractivity contribution in [3.05, 3.63) is 18.2 Å². The number of nitrogen functional groups attached to an aromatic ring is 2. The molecule has 0 aliphatic carbocycles. The van der Waals surface area contributed by atoms with Gasteiger partial charge in [-0.1, -0.05) is 0 Å². The van der Waals surface area contributed by atoms with Gasteiger partial charge in [0, 0.05) is 11.7 Å². The summed E-state index contributed by atoms with van der Waals surface area (Å²) in [5.74, 6) is -0.0506. The Balaban J connectivity index is 2.48. The summed E-state index contributed by atoms with van der Waals surface area (Å²) in [5, 5.41) is 5.75. The number of anilines is 3. The van der Waals surface area contributed by atoms with E-state index in [1.165, 1.54) is 0 Å². The number of nitrogens with two attached hydrogens (primary N) is 2. The lowest BCUT2D eigenvalue weighted by atomic mass is 10.2. The van der Waals surface area contributed by atoms with E-state index in [0.29, 0.717) is 11.4 Å². The van der Waals surface area contributed by atoms with Gasteiger partial charge in [0.15, 0.2) is 0 Å². The zero-order valence-corrected chi connectivity index (χ0v) is 9.58. The molecule has 16 heavy (non-hydrogen) atoms. The number of carbonyl (C=O) groups excluding carboxylic acids is 1. The number of benzene rings is 1. The number of carbonyl (C=O) groups is 1.